The van der Waals surface area contributed by atoms with Crippen LogP contribution in [0.1, 0.15) is 0 Å². The molecule has 9 aromatic rings. The molecule has 0 saturated carbocycles. The smallest absolute Gasteiger partial charge is 0.208 e. The highest BCUT2D eigenvalue weighted by Crippen LogP contribution is 2.34. The van der Waals surface area contributed by atoms with Crippen molar-refractivity contribution in [3.05, 3.63) is 212 Å². The second-order valence-corrected chi connectivity index (χ2v) is 13.8. The number of benzene rings is 8. The van der Waals surface area contributed by atoms with Crippen molar-refractivity contribution in [1.29, 1.82) is 0 Å². The highest BCUT2D eigenvalue weighted by Gasteiger charge is 2.13. The molecular formula is C51H34ClN3. The quantitative estimate of drug-likeness (QED) is 0.157. The predicted octanol–water partition coefficient (Wildman–Crippen LogP) is 13.9. The van der Waals surface area contributed by atoms with Gasteiger partial charge in [0.15, 0.2) is 11.6 Å². The summed E-state index contributed by atoms with van der Waals surface area (Å²) in [4.78, 5) is 14.1. The van der Waals surface area contributed by atoms with Crippen LogP contribution in [0.5, 0.6) is 0 Å². The molecule has 0 aliphatic carbocycles. The zero-order valence-electron chi connectivity index (χ0n) is 29.8. The second kappa shape index (κ2) is 15.2. The first-order valence-corrected chi connectivity index (χ1v) is 18.7. The van der Waals surface area contributed by atoms with Gasteiger partial charge in [0.2, 0.25) is 5.28 Å². The lowest BCUT2D eigenvalue weighted by molar-refractivity contribution is 1.07. The Morgan fingerprint density at radius 3 is 0.727 bits per heavy atom. The van der Waals surface area contributed by atoms with E-state index in [9.17, 15) is 0 Å². The van der Waals surface area contributed by atoms with Crippen molar-refractivity contribution in [3.63, 3.8) is 0 Å². The average Bonchev–Trinajstić information content (AvgIpc) is 3.27. The molecule has 0 aliphatic rings. The summed E-state index contributed by atoms with van der Waals surface area (Å²) in [6, 6.07) is 72.1. The van der Waals surface area contributed by atoms with Crippen molar-refractivity contribution >= 4 is 11.6 Å². The number of hydrogen-bond acceptors (Lipinski definition) is 3. The van der Waals surface area contributed by atoms with Crippen LogP contribution in [0, 0.1) is 0 Å². The third-order valence-corrected chi connectivity index (χ3v) is 10.0. The van der Waals surface area contributed by atoms with Crippen molar-refractivity contribution in [1.82, 2.24) is 15.0 Å². The van der Waals surface area contributed by atoms with E-state index in [0.29, 0.717) is 11.6 Å². The SMILES string of the molecule is Clc1nc(-c2cccc(-c3cccc(-c4cccc(-c5ccccc5)c4)c3)c2)nc(-c2cccc(-c3cccc(-c4cccc(-c5ccccc5)c4)c3)c2)n1. The maximum absolute atomic E-state index is 6.59. The Morgan fingerprint density at radius 1 is 0.218 bits per heavy atom. The summed E-state index contributed by atoms with van der Waals surface area (Å²) >= 11 is 6.59. The van der Waals surface area contributed by atoms with E-state index in [1.165, 1.54) is 33.4 Å². The maximum atomic E-state index is 6.59. The Balaban J connectivity index is 1.00. The van der Waals surface area contributed by atoms with E-state index in [0.717, 1.165) is 44.5 Å². The van der Waals surface area contributed by atoms with Crippen LogP contribution < -0.4 is 0 Å². The summed E-state index contributed by atoms with van der Waals surface area (Å²) in [6.45, 7) is 0. The van der Waals surface area contributed by atoms with Gasteiger partial charge in [-0.05, 0) is 115 Å². The average molecular weight is 724 g/mol. The molecule has 0 atom stereocenters. The van der Waals surface area contributed by atoms with Crippen LogP contribution in [-0.2, 0) is 0 Å². The summed E-state index contributed by atoms with van der Waals surface area (Å²) < 4.78 is 0. The van der Waals surface area contributed by atoms with Gasteiger partial charge in [-0.15, -0.1) is 0 Å². The maximum Gasteiger partial charge on any atom is 0.226 e. The standard InChI is InChI=1S/C51H34ClN3/c52-51-54-49(47-27-11-25-45(33-47)43-23-9-21-41(31-43)39-19-7-17-37(29-39)35-13-3-1-4-14-35)53-50(55-51)48-28-12-26-46(34-48)44-24-10-22-42(32-44)40-20-8-18-38(30-40)36-15-5-2-6-16-36/h1-34H. The van der Waals surface area contributed by atoms with Gasteiger partial charge in [0, 0.05) is 11.1 Å². The first-order chi connectivity index (χ1) is 27.1. The van der Waals surface area contributed by atoms with Crippen LogP contribution >= 0.6 is 11.6 Å². The molecule has 0 bridgehead atoms. The molecule has 8 aromatic carbocycles. The van der Waals surface area contributed by atoms with Crippen molar-refractivity contribution in [2.75, 3.05) is 0 Å². The highest BCUT2D eigenvalue weighted by atomic mass is 35.5. The topological polar surface area (TPSA) is 38.7 Å². The third-order valence-electron chi connectivity index (χ3n) is 9.85. The molecule has 55 heavy (non-hydrogen) atoms. The normalized spacial score (nSPS) is 11.0. The molecule has 0 unspecified atom stereocenters. The summed E-state index contributed by atoms with van der Waals surface area (Å²) in [5.74, 6) is 1.04. The zero-order chi connectivity index (χ0) is 37.0. The number of aromatic nitrogens is 3. The van der Waals surface area contributed by atoms with E-state index in [2.05, 4.69) is 180 Å². The van der Waals surface area contributed by atoms with Crippen molar-refractivity contribution < 1.29 is 0 Å². The number of hydrogen-bond donors (Lipinski definition) is 0. The number of rotatable bonds is 8. The van der Waals surface area contributed by atoms with Gasteiger partial charge in [0.25, 0.3) is 0 Å². The van der Waals surface area contributed by atoms with Gasteiger partial charge < -0.3 is 0 Å². The van der Waals surface area contributed by atoms with Crippen LogP contribution in [0.15, 0.2) is 206 Å². The van der Waals surface area contributed by atoms with Crippen molar-refractivity contribution in [2.24, 2.45) is 0 Å². The largest absolute Gasteiger partial charge is 0.226 e. The number of halogens is 1. The molecular weight excluding hydrogens is 690 g/mol. The fraction of sp³-hybridized carbons (Fsp3) is 0. The molecule has 4 heteroatoms. The molecule has 0 N–H and O–H groups in total. The van der Waals surface area contributed by atoms with Gasteiger partial charge in [0.1, 0.15) is 0 Å². The summed E-state index contributed by atoms with van der Waals surface area (Å²) in [5.41, 5.74) is 15.5. The molecule has 0 spiro atoms. The zero-order valence-corrected chi connectivity index (χ0v) is 30.6. The van der Waals surface area contributed by atoms with Gasteiger partial charge in [-0.3, -0.25) is 0 Å². The second-order valence-electron chi connectivity index (χ2n) is 13.5. The first kappa shape index (κ1) is 33.9. The van der Waals surface area contributed by atoms with Crippen LogP contribution in [0.25, 0.3) is 89.5 Å². The van der Waals surface area contributed by atoms with Crippen LogP contribution in [0.2, 0.25) is 5.28 Å². The fourth-order valence-corrected chi connectivity index (χ4v) is 7.22. The monoisotopic (exact) mass is 723 g/mol. The van der Waals surface area contributed by atoms with E-state index < -0.39 is 0 Å². The first-order valence-electron chi connectivity index (χ1n) is 18.3. The van der Waals surface area contributed by atoms with Crippen LogP contribution in [-0.4, -0.2) is 15.0 Å². The van der Waals surface area contributed by atoms with Gasteiger partial charge >= 0.3 is 0 Å². The molecule has 0 radical (unpaired) electrons. The summed E-state index contributed by atoms with van der Waals surface area (Å²) in [5, 5.41) is 0.149. The van der Waals surface area contributed by atoms with Gasteiger partial charge in [0.05, 0.1) is 0 Å². The summed E-state index contributed by atoms with van der Waals surface area (Å²) in [7, 11) is 0. The fourth-order valence-electron chi connectivity index (χ4n) is 7.06. The lowest BCUT2D eigenvalue weighted by Crippen LogP contribution is -1.97. The minimum Gasteiger partial charge on any atom is -0.208 e. The number of nitrogens with zero attached hydrogens (tertiary/aromatic N) is 3. The molecule has 0 amide bonds. The Labute approximate surface area is 326 Å². The van der Waals surface area contributed by atoms with E-state index in [4.69, 9.17) is 16.6 Å². The molecule has 3 nitrogen and oxygen atoms in total. The van der Waals surface area contributed by atoms with Crippen molar-refractivity contribution in [2.45, 2.75) is 0 Å². The Kier molecular flexibility index (Phi) is 9.36. The van der Waals surface area contributed by atoms with Crippen molar-refractivity contribution in [3.8, 4) is 89.5 Å². The molecule has 9 rings (SSSR count). The Hall–Kier alpha value is -6.94. The Bertz CT molecular complexity index is 2590. The van der Waals surface area contributed by atoms with Crippen LogP contribution in [0.3, 0.4) is 0 Å². The van der Waals surface area contributed by atoms with E-state index >= 15 is 0 Å². The van der Waals surface area contributed by atoms with E-state index in [1.807, 2.05) is 36.4 Å². The van der Waals surface area contributed by atoms with E-state index in [-0.39, 0.29) is 5.28 Å². The molecule has 0 saturated heterocycles. The predicted molar refractivity (Wildman–Crippen MR) is 228 cm³/mol. The van der Waals surface area contributed by atoms with E-state index in [1.54, 1.807) is 0 Å². The van der Waals surface area contributed by atoms with Gasteiger partial charge in [-0.2, -0.15) is 9.97 Å². The summed E-state index contributed by atoms with van der Waals surface area (Å²) in [6.07, 6.45) is 0. The molecule has 1 heterocycles. The molecule has 0 fully saturated rings. The minimum atomic E-state index is 0.149. The van der Waals surface area contributed by atoms with Crippen LogP contribution in [0.4, 0.5) is 0 Å². The Morgan fingerprint density at radius 2 is 0.436 bits per heavy atom. The molecule has 1 aromatic heterocycles. The van der Waals surface area contributed by atoms with Gasteiger partial charge in [-0.25, -0.2) is 4.98 Å². The van der Waals surface area contributed by atoms with Gasteiger partial charge in [-0.1, -0.05) is 170 Å². The highest BCUT2D eigenvalue weighted by molar-refractivity contribution is 6.28. The molecule has 0 aliphatic heterocycles. The molecule has 260 valence electrons. The lowest BCUT2D eigenvalue weighted by Gasteiger charge is -2.11. The lowest BCUT2D eigenvalue weighted by atomic mass is 9.95. The third kappa shape index (κ3) is 7.48. The minimum absolute atomic E-state index is 0.149.